The second-order valence-electron chi connectivity index (χ2n) is 4.40. The van der Waals surface area contributed by atoms with E-state index >= 15 is 0 Å². The van der Waals surface area contributed by atoms with Crippen molar-refractivity contribution in [3.05, 3.63) is 35.0 Å². The molecule has 1 aromatic heterocycles. The maximum Gasteiger partial charge on any atom is 0.356 e. The van der Waals surface area contributed by atoms with E-state index in [2.05, 4.69) is 10.2 Å². The standard InChI is InChI=1S/C14H13ClN2O3/c1-2-19-14(18)13-10-7-20-11-4-3-8(6-15)5-9(11)12(10)16-17-13/h3-5H,2,6-7H2,1H3,(H,16,17). The number of carbonyl (C=O) groups excluding carboxylic acids is 1. The molecule has 0 atom stereocenters. The van der Waals surface area contributed by atoms with Crippen molar-refractivity contribution in [2.45, 2.75) is 19.4 Å². The molecule has 0 saturated heterocycles. The number of carbonyl (C=O) groups is 1. The normalized spacial score (nSPS) is 12.3. The molecule has 6 heteroatoms. The largest absolute Gasteiger partial charge is 0.488 e. The molecule has 0 radical (unpaired) electrons. The molecule has 0 unspecified atom stereocenters. The molecule has 0 fully saturated rings. The highest BCUT2D eigenvalue weighted by atomic mass is 35.5. The molecule has 1 N–H and O–H groups in total. The number of H-pyrrole nitrogens is 1. The Hall–Kier alpha value is -2.01. The van der Waals surface area contributed by atoms with Gasteiger partial charge in [-0.05, 0) is 24.6 Å². The lowest BCUT2D eigenvalue weighted by Crippen LogP contribution is -2.12. The van der Waals surface area contributed by atoms with E-state index < -0.39 is 5.97 Å². The van der Waals surface area contributed by atoms with Gasteiger partial charge < -0.3 is 9.47 Å². The van der Waals surface area contributed by atoms with E-state index in [0.717, 1.165) is 28.1 Å². The van der Waals surface area contributed by atoms with Crippen molar-refractivity contribution < 1.29 is 14.3 Å². The molecule has 5 nitrogen and oxygen atoms in total. The van der Waals surface area contributed by atoms with Crippen LogP contribution in [0, 0.1) is 0 Å². The van der Waals surface area contributed by atoms with E-state index in [9.17, 15) is 4.79 Å². The molecule has 20 heavy (non-hydrogen) atoms. The number of nitrogens with one attached hydrogen (secondary N) is 1. The summed E-state index contributed by atoms with van der Waals surface area (Å²) >= 11 is 5.85. The minimum Gasteiger partial charge on any atom is -0.488 e. The van der Waals surface area contributed by atoms with Gasteiger partial charge in [0.2, 0.25) is 0 Å². The predicted octanol–water partition coefficient (Wildman–Crippen LogP) is 2.88. The molecule has 0 bridgehead atoms. The highest BCUT2D eigenvalue weighted by Gasteiger charge is 2.27. The van der Waals surface area contributed by atoms with Gasteiger partial charge in [-0.15, -0.1) is 11.6 Å². The summed E-state index contributed by atoms with van der Waals surface area (Å²) in [7, 11) is 0. The number of nitrogens with zero attached hydrogens (tertiary/aromatic N) is 1. The van der Waals surface area contributed by atoms with Gasteiger partial charge in [0.15, 0.2) is 5.69 Å². The lowest BCUT2D eigenvalue weighted by Gasteiger charge is -2.17. The van der Waals surface area contributed by atoms with Crippen molar-refractivity contribution >= 4 is 17.6 Å². The number of aromatic nitrogens is 2. The van der Waals surface area contributed by atoms with Gasteiger partial charge in [0.25, 0.3) is 0 Å². The van der Waals surface area contributed by atoms with Crippen LogP contribution < -0.4 is 4.74 Å². The fourth-order valence-corrected chi connectivity index (χ4v) is 2.39. The molecule has 1 aliphatic rings. The Morgan fingerprint density at radius 2 is 2.40 bits per heavy atom. The average Bonchev–Trinajstić information content (AvgIpc) is 2.91. The molecule has 0 amide bonds. The number of hydrogen-bond donors (Lipinski definition) is 1. The van der Waals surface area contributed by atoms with E-state index in [0.29, 0.717) is 24.8 Å². The zero-order valence-electron chi connectivity index (χ0n) is 10.9. The smallest absolute Gasteiger partial charge is 0.356 e. The first-order valence-corrected chi connectivity index (χ1v) is 6.84. The van der Waals surface area contributed by atoms with Crippen molar-refractivity contribution in [1.82, 2.24) is 10.2 Å². The summed E-state index contributed by atoms with van der Waals surface area (Å²) in [5.41, 5.74) is 3.62. The summed E-state index contributed by atoms with van der Waals surface area (Å²) in [5.74, 6) is 0.743. The third-order valence-electron chi connectivity index (χ3n) is 3.17. The van der Waals surface area contributed by atoms with Crippen molar-refractivity contribution in [2.24, 2.45) is 0 Å². The first kappa shape index (κ1) is 13.0. The number of benzene rings is 1. The van der Waals surface area contributed by atoms with E-state index in [1.54, 1.807) is 6.92 Å². The van der Waals surface area contributed by atoms with E-state index in [1.165, 1.54) is 0 Å². The predicted molar refractivity (Wildman–Crippen MR) is 73.9 cm³/mol. The summed E-state index contributed by atoms with van der Waals surface area (Å²) in [6.07, 6.45) is 0. The van der Waals surface area contributed by atoms with E-state index in [4.69, 9.17) is 21.1 Å². The van der Waals surface area contributed by atoms with Crippen molar-refractivity contribution in [3.8, 4) is 17.0 Å². The Labute approximate surface area is 120 Å². The summed E-state index contributed by atoms with van der Waals surface area (Å²) in [6.45, 7) is 2.38. The van der Waals surface area contributed by atoms with Gasteiger partial charge in [-0.3, -0.25) is 5.10 Å². The molecule has 2 aromatic rings. The first-order chi connectivity index (χ1) is 9.74. The quantitative estimate of drug-likeness (QED) is 0.698. The Balaban J connectivity index is 2.07. The maximum atomic E-state index is 11.8. The number of fused-ring (bicyclic) bond motifs is 3. The van der Waals surface area contributed by atoms with Gasteiger partial charge in [-0.1, -0.05) is 6.07 Å². The molecule has 2 heterocycles. The second-order valence-corrected chi connectivity index (χ2v) is 4.67. The van der Waals surface area contributed by atoms with Gasteiger partial charge in [0.1, 0.15) is 18.1 Å². The monoisotopic (exact) mass is 292 g/mol. The van der Waals surface area contributed by atoms with Crippen LogP contribution in [-0.2, 0) is 17.2 Å². The molecular formula is C14H13ClN2O3. The van der Waals surface area contributed by atoms with Crippen molar-refractivity contribution in [1.29, 1.82) is 0 Å². The number of esters is 1. The zero-order valence-corrected chi connectivity index (χ0v) is 11.7. The first-order valence-electron chi connectivity index (χ1n) is 6.31. The maximum absolute atomic E-state index is 11.8. The number of rotatable bonds is 3. The Morgan fingerprint density at radius 3 is 3.15 bits per heavy atom. The molecular weight excluding hydrogens is 280 g/mol. The number of hydrogen-bond acceptors (Lipinski definition) is 4. The number of aromatic amines is 1. The fraction of sp³-hybridized carbons (Fsp3) is 0.286. The minimum atomic E-state index is -0.415. The molecule has 3 rings (SSSR count). The summed E-state index contributed by atoms with van der Waals surface area (Å²) < 4.78 is 10.7. The lowest BCUT2D eigenvalue weighted by molar-refractivity contribution is 0.0516. The van der Waals surface area contributed by atoms with Gasteiger partial charge in [-0.2, -0.15) is 5.10 Å². The molecule has 1 aliphatic heterocycles. The third kappa shape index (κ3) is 2.04. The minimum absolute atomic E-state index is 0.299. The Morgan fingerprint density at radius 1 is 1.55 bits per heavy atom. The molecule has 0 aliphatic carbocycles. The molecule has 0 saturated carbocycles. The Bertz CT molecular complexity index is 666. The van der Waals surface area contributed by atoms with E-state index in [-0.39, 0.29) is 0 Å². The fourth-order valence-electron chi connectivity index (χ4n) is 2.22. The third-order valence-corrected chi connectivity index (χ3v) is 3.48. The summed E-state index contributed by atoms with van der Waals surface area (Å²) in [5, 5.41) is 6.97. The summed E-state index contributed by atoms with van der Waals surface area (Å²) in [4.78, 5) is 11.8. The van der Waals surface area contributed by atoms with Crippen LogP contribution in [0.25, 0.3) is 11.3 Å². The van der Waals surface area contributed by atoms with Crippen LogP contribution in [0.4, 0.5) is 0 Å². The Kier molecular flexibility index (Phi) is 3.36. The van der Waals surface area contributed by atoms with Crippen molar-refractivity contribution in [2.75, 3.05) is 6.61 Å². The van der Waals surface area contributed by atoms with Crippen LogP contribution in [0.1, 0.15) is 28.5 Å². The van der Waals surface area contributed by atoms with Gasteiger partial charge in [0.05, 0.1) is 12.2 Å². The number of ether oxygens (including phenoxy) is 2. The second kappa shape index (κ2) is 5.17. The molecule has 1 aromatic carbocycles. The SMILES string of the molecule is CCOC(=O)c1[nH]nc2c1COc1ccc(CCl)cc1-2. The topological polar surface area (TPSA) is 64.2 Å². The summed E-state index contributed by atoms with van der Waals surface area (Å²) in [6, 6.07) is 5.71. The van der Waals surface area contributed by atoms with Crippen LogP contribution in [0.15, 0.2) is 18.2 Å². The number of halogens is 1. The van der Waals surface area contributed by atoms with Crippen molar-refractivity contribution in [3.63, 3.8) is 0 Å². The highest BCUT2D eigenvalue weighted by molar-refractivity contribution is 6.17. The molecule has 104 valence electrons. The average molecular weight is 293 g/mol. The van der Waals surface area contributed by atoms with Crippen LogP contribution in [0.3, 0.4) is 0 Å². The van der Waals surface area contributed by atoms with E-state index in [1.807, 2.05) is 18.2 Å². The van der Waals surface area contributed by atoms with Crippen LogP contribution in [0.2, 0.25) is 0 Å². The van der Waals surface area contributed by atoms with Crippen LogP contribution in [-0.4, -0.2) is 22.8 Å². The lowest BCUT2D eigenvalue weighted by atomic mass is 10.0. The van der Waals surface area contributed by atoms with Gasteiger partial charge in [-0.25, -0.2) is 4.79 Å². The highest BCUT2D eigenvalue weighted by Crippen LogP contribution is 2.38. The van der Waals surface area contributed by atoms with Gasteiger partial charge >= 0.3 is 5.97 Å². The van der Waals surface area contributed by atoms with Crippen LogP contribution in [0.5, 0.6) is 5.75 Å². The zero-order chi connectivity index (χ0) is 14.1. The van der Waals surface area contributed by atoms with Crippen LogP contribution >= 0.6 is 11.6 Å². The number of alkyl halides is 1. The van der Waals surface area contributed by atoms with Gasteiger partial charge in [0, 0.05) is 11.4 Å². The molecule has 0 spiro atoms.